The Labute approximate surface area is 169 Å². The molecule has 0 saturated carbocycles. The molecular weight excluding hydrogens is 427 g/mol. The van der Waals surface area contributed by atoms with E-state index in [1.807, 2.05) is 6.07 Å². The van der Waals surface area contributed by atoms with Gasteiger partial charge in [0, 0.05) is 51.7 Å². The zero-order chi connectivity index (χ0) is 17.2. The normalized spacial score (nSPS) is 15.3. The first kappa shape index (κ1) is 21.9. The Kier molecular flexibility index (Phi) is 10.8. The van der Waals surface area contributed by atoms with Gasteiger partial charge in [0.25, 0.3) is 0 Å². The third-order valence-electron chi connectivity index (χ3n) is 4.20. The number of halogens is 1. The largest absolute Gasteiger partial charge is 0.357 e. The number of nitrogens with one attached hydrogen (secondary N) is 1. The maximum absolute atomic E-state index is 4.81. The zero-order valence-corrected chi connectivity index (χ0v) is 18.1. The first-order valence-corrected chi connectivity index (χ1v) is 9.26. The highest BCUT2D eigenvalue weighted by Crippen LogP contribution is 2.10. The molecule has 1 aromatic heterocycles. The lowest BCUT2D eigenvalue weighted by Gasteiger charge is -2.36. The van der Waals surface area contributed by atoms with Crippen LogP contribution in [0.25, 0.3) is 0 Å². The lowest BCUT2D eigenvalue weighted by molar-refractivity contribution is 0.370. The predicted octanol–water partition coefficient (Wildman–Crippen LogP) is 3.01. The zero-order valence-electron chi connectivity index (χ0n) is 15.8. The molecule has 0 amide bonds. The fourth-order valence-corrected chi connectivity index (χ4v) is 2.85. The monoisotopic (exact) mass is 460 g/mol. The van der Waals surface area contributed by atoms with Crippen LogP contribution in [0.15, 0.2) is 23.5 Å². The molecule has 0 aliphatic carbocycles. The van der Waals surface area contributed by atoms with E-state index in [0.29, 0.717) is 0 Å². The maximum Gasteiger partial charge on any atom is 0.225 e. The van der Waals surface area contributed by atoms with E-state index >= 15 is 0 Å². The molecule has 0 atom stereocenters. The van der Waals surface area contributed by atoms with Crippen molar-refractivity contribution in [2.75, 3.05) is 44.2 Å². The first-order chi connectivity index (χ1) is 11.7. The summed E-state index contributed by atoms with van der Waals surface area (Å²) in [6.07, 6.45) is 7.33. The summed E-state index contributed by atoms with van der Waals surface area (Å²) < 4.78 is 0. The number of guanidine groups is 1. The van der Waals surface area contributed by atoms with Gasteiger partial charge in [-0.05, 0) is 25.3 Å². The standard InChI is InChI=1S/C18H32N6.HI/c1-4-19-17(20-9-6-5-8-16(2)3)23-12-14-24(15-13-23)18-21-10-7-11-22-18;/h7,10-11,16H,4-6,8-9,12-15H2,1-3H3,(H,19,20);1H. The van der Waals surface area contributed by atoms with Gasteiger partial charge in [-0.3, -0.25) is 4.99 Å². The van der Waals surface area contributed by atoms with E-state index < -0.39 is 0 Å². The fourth-order valence-electron chi connectivity index (χ4n) is 2.85. The van der Waals surface area contributed by atoms with Gasteiger partial charge in [-0.2, -0.15) is 0 Å². The number of piperazine rings is 1. The molecule has 1 saturated heterocycles. The molecule has 0 bridgehead atoms. The Morgan fingerprint density at radius 3 is 2.44 bits per heavy atom. The second kappa shape index (κ2) is 12.3. The Morgan fingerprint density at radius 2 is 1.84 bits per heavy atom. The second-order valence-electron chi connectivity index (χ2n) is 6.65. The molecular formula is C18H33IN6. The number of aliphatic imine (C=N–C) groups is 1. The second-order valence-corrected chi connectivity index (χ2v) is 6.65. The molecule has 2 heterocycles. The highest BCUT2D eigenvalue weighted by atomic mass is 127. The van der Waals surface area contributed by atoms with Crippen LogP contribution in [0.1, 0.15) is 40.0 Å². The average molecular weight is 460 g/mol. The predicted molar refractivity (Wildman–Crippen MR) is 116 cm³/mol. The van der Waals surface area contributed by atoms with Crippen LogP contribution in [-0.2, 0) is 0 Å². The van der Waals surface area contributed by atoms with Gasteiger partial charge in [0.15, 0.2) is 5.96 Å². The molecule has 142 valence electrons. The van der Waals surface area contributed by atoms with Crippen molar-refractivity contribution in [3.05, 3.63) is 18.5 Å². The van der Waals surface area contributed by atoms with Crippen LogP contribution in [0.5, 0.6) is 0 Å². The summed E-state index contributed by atoms with van der Waals surface area (Å²) in [6.45, 7) is 12.3. The van der Waals surface area contributed by atoms with Crippen molar-refractivity contribution in [1.82, 2.24) is 20.2 Å². The van der Waals surface area contributed by atoms with Crippen molar-refractivity contribution < 1.29 is 0 Å². The molecule has 25 heavy (non-hydrogen) atoms. The van der Waals surface area contributed by atoms with Crippen LogP contribution >= 0.6 is 24.0 Å². The minimum absolute atomic E-state index is 0. The Balaban J connectivity index is 0.00000312. The van der Waals surface area contributed by atoms with Crippen LogP contribution in [0, 0.1) is 5.92 Å². The quantitative estimate of drug-likeness (QED) is 0.294. The molecule has 1 aliphatic rings. The Hall–Kier alpha value is -1.12. The highest BCUT2D eigenvalue weighted by molar-refractivity contribution is 14.0. The van der Waals surface area contributed by atoms with Gasteiger partial charge in [-0.1, -0.05) is 26.7 Å². The third kappa shape index (κ3) is 7.75. The lowest BCUT2D eigenvalue weighted by Crippen LogP contribution is -2.53. The smallest absolute Gasteiger partial charge is 0.225 e. The first-order valence-electron chi connectivity index (χ1n) is 9.26. The fraction of sp³-hybridized carbons (Fsp3) is 0.722. The van der Waals surface area contributed by atoms with E-state index in [0.717, 1.165) is 57.1 Å². The molecule has 1 fully saturated rings. The van der Waals surface area contributed by atoms with Gasteiger partial charge >= 0.3 is 0 Å². The third-order valence-corrected chi connectivity index (χ3v) is 4.20. The van der Waals surface area contributed by atoms with Crippen molar-refractivity contribution in [2.45, 2.75) is 40.0 Å². The number of nitrogens with zero attached hydrogens (tertiary/aromatic N) is 5. The van der Waals surface area contributed by atoms with Crippen molar-refractivity contribution in [3.8, 4) is 0 Å². The summed E-state index contributed by atoms with van der Waals surface area (Å²) in [7, 11) is 0. The molecule has 0 radical (unpaired) electrons. The van der Waals surface area contributed by atoms with Crippen molar-refractivity contribution in [3.63, 3.8) is 0 Å². The number of rotatable bonds is 7. The highest BCUT2D eigenvalue weighted by Gasteiger charge is 2.20. The van der Waals surface area contributed by atoms with Crippen LogP contribution < -0.4 is 10.2 Å². The summed E-state index contributed by atoms with van der Waals surface area (Å²) in [4.78, 5) is 18.1. The molecule has 2 rings (SSSR count). The summed E-state index contributed by atoms with van der Waals surface area (Å²) in [5.41, 5.74) is 0. The van der Waals surface area contributed by atoms with E-state index in [2.05, 4.69) is 45.9 Å². The molecule has 7 heteroatoms. The van der Waals surface area contributed by atoms with Crippen LogP contribution in [0.3, 0.4) is 0 Å². The van der Waals surface area contributed by atoms with Gasteiger partial charge in [-0.25, -0.2) is 9.97 Å². The van der Waals surface area contributed by atoms with Crippen molar-refractivity contribution >= 4 is 35.9 Å². The van der Waals surface area contributed by atoms with Crippen LogP contribution in [0.4, 0.5) is 5.95 Å². The Bertz CT molecular complexity index is 486. The molecule has 1 aromatic rings. The van der Waals surface area contributed by atoms with E-state index in [9.17, 15) is 0 Å². The van der Waals surface area contributed by atoms with E-state index in [-0.39, 0.29) is 24.0 Å². The summed E-state index contributed by atoms with van der Waals surface area (Å²) in [5.74, 6) is 2.67. The maximum atomic E-state index is 4.81. The average Bonchev–Trinajstić information content (AvgIpc) is 2.61. The number of anilines is 1. The van der Waals surface area contributed by atoms with E-state index in [4.69, 9.17) is 4.99 Å². The van der Waals surface area contributed by atoms with Crippen LogP contribution in [-0.4, -0.2) is 60.1 Å². The topological polar surface area (TPSA) is 56.7 Å². The molecule has 6 nitrogen and oxygen atoms in total. The SMILES string of the molecule is CCNC(=NCCCCC(C)C)N1CCN(c2ncccn2)CC1.I. The Morgan fingerprint density at radius 1 is 1.16 bits per heavy atom. The number of hydrogen-bond acceptors (Lipinski definition) is 4. The molecule has 1 N–H and O–H groups in total. The minimum Gasteiger partial charge on any atom is -0.357 e. The van der Waals surface area contributed by atoms with E-state index in [1.165, 1.54) is 19.3 Å². The number of hydrogen-bond donors (Lipinski definition) is 1. The lowest BCUT2D eigenvalue weighted by atomic mass is 10.1. The van der Waals surface area contributed by atoms with Gasteiger partial charge < -0.3 is 15.1 Å². The molecule has 0 spiro atoms. The van der Waals surface area contributed by atoms with Gasteiger partial charge in [0.2, 0.25) is 5.95 Å². The summed E-state index contributed by atoms with van der Waals surface area (Å²) in [6, 6.07) is 1.86. The summed E-state index contributed by atoms with van der Waals surface area (Å²) >= 11 is 0. The molecule has 1 aliphatic heterocycles. The van der Waals surface area contributed by atoms with Gasteiger partial charge in [0.05, 0.1) is 0 Å². The summed E-state index contributed by atoms with van der Waals surface area (Å²) in [5, 5.41) is 3.43. The van der Waals surface area contributed by atoms with Gasteiger partial charge in [0.1, 0.15) is 0 Å². The van der Waals surface area contributed by atoms with Crippen LogP contribution in [0.2, 0.25) is 0 Å². The van der Waals surface area contributed by atoms with Crippen molar-refractivity contribution in [2.24, 2.45) is 10.9 Å². The number of aromatic nitrogens is 2. The van der Waals surface area contributed by atoms with E-state index in [1.54, 1.807) is 12.4 Å². The minimum atomic E-state index is 0. The molecule has 0 aromatic carbocycles. The van der Waals surface area contributed by atoms with Gasteiger partial charge in [-0.15, -0.1) is 24.0 Å². The van der Waals surface area contributed by atoms with Crippen molar-refractivity contribution in [1.29, 1.82) is 0 Å². The number of unbranched alkanes of at least 4 members (excludes halogenated alkanes) is 1. The molecule has 0 unspecified atom stereocenters.